The average molecular weight is 289 g/mol. The van der Waals surface area contributed by atoms with E-state index in [2.05, 4.69) is 0 Å². The zero-order chi connectivity index (χ0) is 13.1. The third-order valence-electron chi connectivity index (χ3n) is 2.14. The van der Waals surface area contributed by atoms with Crippen molar-refractivity contribution < 1.29 is 18.3 Å². The predicted molar refractivity (Wildman–Crippen MR) is 65.4 cm³/mol. The first kappa shape index (κ1) is 13.0. The Labute approximate surface area is 111 Å². The minimum Gasteiger partial charge on any atom is -0.482 e. The van der Waals surface area contributed by atoms with Crippen LogP contribution in [0.2, 0.25) is 4.34 Å². The van der Waals surface area contributed by atoms with Gasteiger partial charge in [0.25, 0.3) is 0 Å². The standard InChI is InChI=1S/C12H7ClF2O2S/c13-11-2-1-8(18-11)6-17-12-9(14)3-7(5-16)4-10(12)15/h1-5H,6H2. The van der Waals surface area contributed by atoms with E-state index in [9.17, 15) is 13.6 Å². The summed E-state index contributed by atoms with van der Waals surface area (Å²) in [5.74, 6) is -2.30. The molecule has 0 bridgehead atoms. The average Bonchev–Trinajstić information content (AvgIpc) is 2.73. The van der Waals surface area contributed by atoms with Crippen molar-refractivity contribution in [3.8, 4) is 5.75 Å². The first-order valence-electron chi connectivity index (χ1n) is 4.91. The van der Waals surface area contributed by atoms with E-state index in [1.807, 2.05) is 0 Å². The van der Waals surface area contributed by atoms with Crippen LogP contribution < -0.4 is 4.74 Å². The number of carbonyl (C=O) groups is 1. The number of halogens is 3. The monoisotopic (exact) mass is 288 g/mol. The second kappa shape index (κ2) is 5.46. The SMILES string of the molecule is O=Cc1cc(F)c(OCc2ccc(Cl)s2)c(F)c1. The van der Waals surface area contributed by atoms with E-state index < -0.39 is 17.4 Å². The van der Waals surface area contributed by atoms with Crippen LogP contribution in [0.3, 0.4) is 0 Å². The number of thiophene rings is 1. The highest BCUT2D eigenvalue weighted by molar-refractivity contribution is 7.16. The lowest BCUT2D eigenvalue weighted by molar-refractivity contribution is 0.112. The maximum Gasteiger partial charge on any atom is 0.191 e. The summed E-state index contributed by atoms with van der Waals surface area (Å²) in [6.07, 6.45) is 0.370. The van der Waals surface area contributed by atoms with Crippen molar-refractivity contribution in [1.82, 2.24) is 0 Å². The molecule has 0 atom stereocenters. The highest BCUT2D eigenvalue weighted by Crippen LogP contribution is 2.26. The molecule has 2 nitrogen and oxygen atoms in total. The van der Waals surface area contributed by atoms with Gasteiger partial charge in [-0.2, -0.15) is 0 Å². The number of hydrogen-bond donors (Lipinski definition) is 0. The Morgan fingerprint density at radius 1 is 1.28 bits per heavy atom. The second-order valence-electron chi connectivity index (χ2n) is 3.43. The summed E-state index contributed by atoms with van der Waals surface area (Å²) in [6, 6.07) is 5.23. The molecule has 0 aliphatic carbocycles. The molecule has 1 heterocycles. The maximum absolute atomic E-state index is 13.5. The molecule has 0 saturated carbocycles. The second-order valence-corrected chi connectivity index (χ2v) is 5.23. The molecule has 0 aliphatic rings. The molecule has 0 N–H and O–H groups in total. The lowest BCUT2D eigenvalue weighted by Gasteiger charge is -2.07. The fraction of sp³-hybridized carbons (Fsp3) is 0.0833. The van der Waals surface area contributed by atoms with Crippen LogP contribution in [0.5, 0.6) is 5.75 Å². The molecule has 0 amide bonds. The Hall–Kier alpha value is -1.46. The van der Waals surface area contributed by atoms with Crippen molar-refractivity contribution in [3.63, 3.8) is 0 Å². The number of carbonyl (C=O) groups excluding carboxylic acids is 1. The fourth-order valence-electron chi connectivity index (χ4n) is 1.36. The summed E-state index contributed by atoms with van der Waals surface area (Å²) in [7, 11) is 0. The number of aldehydes is 1. The van der Waals surface area contributed by atoms with Gasteiger partial charge in [0.2, 0.25) is 0 Å². The minimum atomic E-state index is -0.903. The van der Waals surface area contributed by atoms with E-state index >= 15 is 0 Å². The van der Waals surface area contributed by atoms with Crippen molar-refractivity contribution in [2.24, 2.45) is 0 Å². The van der Waals surface area contributed by atoms with Gasteiger partial charge in [0, 0.05) is 10.4 Å². The molecule has 0 saturated heterocycles. The Kier molecular flexibility index (Phi) is 3.93. The largest absolute Gasteiger partial charge is 0.482 e. The van der Waals surface area contributed by atoms with Crippen molar-refractivity contribution in [2.75, 3.05) is 0 Å². The lowest BCUT2D eigenvalue weighted by atomic mass is 10.2. The summed E-state index contributed by atoms with van der Waals surface area (Å²) in [5, 5.41) is 0. The van der Waals surface area contributed by atoms with Crippen LogP contribution in [-0.2, 0) is 6.61 Å². The molecule has 2 aromatic rings. The van der Waals surface area contributed by atoms with Gasteiger partial charge in [0.05, 0.1) is 4.34 Å². The first-order chi connectivity index (χ1) is 8.60. The van der Waals surface area contributed by atoms with Crippen LogP contribution in [0.15, 0.2) is 24.3 Å². The fourth-order valence-corrected chi connectivity index (χ4v) is 2.36. The van der Waals surface area contributed by atoms with E-state index in [-0.39, 0.29) is 12.2 Å². The van der Waals surface area contributed by atoms with Gasteiger partial charge in [-0.25, -0.2) is 8.78 Å². The zero-order valence-corrected chi connectivity index (χ0v) is 10.5. The van der Waals surface area contributed by atoms with E-state index in [4.69, 9.17) is 16.3 Å². The van der Waals surface area contributed by atoms with E-state index in [0.717, 1.165) is 17.0 Å². The smallest absolute Gasteiger partial charge is 0.191 e. The molecule has 0 spiro atoms. The van der Waals surface area contributed by atoms with Gasteiger partial charge < -0.3 is 4.74 Å². The van der Waals surface area contributed by atoms with Crippen LogP contribution in [0, 0.1) is 11.6 Å². The number of ether oxygens (including phenoxy) is 1. The molecule has 0 aliphatic heterocycles. The highest BCUT2D eigenvalue weighted by Gasteiger charge is 2.13. The molecule has 94 valence electrons. The quantitative estimate of drug-likeness (QED) is 0.793. The van der Waals surface area contributed by atoms with Crippen molar-refractivity contribution in [3.05, 3.63) is 50.7 Å². The third kappa shape index (κ3) is 2.86. The molecule has 1 aromatic carbocycles. The van der Waals surface area contributed by atoms with Crippen LogP contribution in [0.1, 0.15) is 15.2 Å². The first-order valence-corrected chi connectivity index (χ1v) is 6.11. The summed E-state index contributed by atoms with van der Waals surface area (Å²) >= 11 is 6.99. The lowest BCUT2D eigenvalue weighted by Crippen LogP contribution is -1.99. The summed E-state index contributed by atoms with van der Waals surface area (Å²) in [4.78, 5) is 11.2. The predicted octanol–water partition coefficient (Wildman–Crippen LogP) is 4.07. The molecule has 0 fully saturated rings. The van der Waals surface area contributed by atoms with E-state index in [0.29, 0.717) is 10.6 Å². The molecule has 0 radical (unpaired) electrons. The molecule has 0 unspecified atom stereocenters. The van der Waals surface area contributed by atoms with Crippen LogP contribution in [0.4, 0.5) is 8.78 Å². The van der Waals surface area contributed by atoms with Gasteiger partial charge in [-0.1, -0.05) is 11.6 Å². The minimum absolute atomic E-state index is 0.0195. The third-order valence-corrected chi connectivity index (χ3v) is 3.35. The summed E-state index contributed by atoms with van der Waals surface area (Å²) < 4.78 is 32.5. The van der Waals surface area contributed by atoms with Crippen molar-refractivity contribution in [2.45, 2.75) is 6.61 Å². The van der Waals surface area contributed by atoms with Gasteiger partial charge in [0.1, 0.15) is 12.9 Å². The molecule has 6 heteroatoms. The van der Waals surface area contributed by atoms with Gasteiger partial charge in [-0.15, -0.1) is 11.3 Å². The maximum atomic E-state index is 13.5. The van der Waals surface area contributed by atoms with Crippen LogP contribution in [-0.4, -0.2) is 6.29 Å². The number of rotatable bonds is 4. The summed E-state index contributed by atoms with van der Waals surface area (Å²) in [6.45, 7) is 0.0195. The van der Waals surface area contributed by atoms with Crippen molar-refractivity contribution in [1.29, 1.82) is 0 Å². The normalized spacial score (nSPS) is 10.4. The van der Waals surface area contributed by atoms with Gasteiger partial charge in [-0.3, -0.25) is 4.79 Å². The molecule has 1 aromatic heterocycles. The Bertz CT molecular complexity index is 560. The van der Waals surface area contributed by atoms with Gasteiger partial charge >= 0.3 is 0 Å². The zero-order valence-electron chi connectivity index (χ0n) is 8.95. The Morgan fingerprint density at radius 3 is 2.44 bits per heavy atom. The number of hydrogen-bond acceptors (Lipinski definition) is 3. The Morgan fingerprint density at radius 2 is 1.94 bits per heavy atom. The van der Waals surface area contributed by atoms with Gasteiger partial charge in [-0.05, 0) is 24.3 Å². The highest BCUT2D eigenvalue weighted by atomic mass is 35.5. The molecule has 2 rings (SSSR count). The topological polar surface area (TPSA) is 26.3 Å². The number of benzene rings is 1. The van der Waals surface area contributed by atoms with E-state index in [1.54, 1.807) is 12.1 Å². The van der Waals surface area contributed by atoms with Crippen LogP contribution >= 0.6 is 22.9 Å². The Balaban J connectivity index is 2.16. The molecular weight excluding hydrogens is 282 g/mol. The van der Waals surface area contributed by atoms with Crippen molar-refractivity contribution >= 4 is 29.2 Å². The summed E-state index contributed by atoms with van der Waals surface area (Å²) in [5.41, 5.74) is -0.0727. The van der Waals surface area contributed by atoms with Crippen LogP contribution in [0.25, 0.3) is 0 Å². The molecule has 18 heavy (non-hydrogen) atoms. The molecular formula is C12H7ClF2O2S. The van der Waals surface area contributed by atoms with Gasteiger partial charge in [0.15, 0.2) is 17.4 Å². The van der Waals surface area contributed by atoms with E-state index in [1.165, 1.54) is 11.3 Å².